The highest BCUT2D eigenvalue weighted by atomic mass is 16.3. The molecule has 0 aliphatic rings. The molecule has 0 saturated heterocycles. The van der Waals surface area contributed by atoms with Gasteiger partial charge in [0.1, 0.15) is 0 Å². The summed E-state index contributed by atoms with van der Waals surface area (Å²) in [5.41, 5.74) is 4.44. The minimum Gasteiger partial charge on any atom is -0.389 e. The van der Waals surface area contributed by atoms with Crippen molar-refractivity contribution < 1.29 is 9.90 Å². The third kappa shape index (κ3) is 4.28. The van der Waals surface area contributed by atoms with Gasteiger partial charge in [0, 0.05) is 19.6 Å². The van der Waals surface area contributed by atoms with E-state index in [0.717, 1.165) is 12.8 Å². The molecule has 0 aliphatic heterocycles. The minimum atomic E-state index is -0.868. The molecule has 0 rings (SSSR count). The number of likely N-dealkylation sites (N-methyl/N-ethyl adjacent to an activating group) is 1. The van der Waals surface area contributed by atoms with Crippen molar-refractivity contribution in [1.29, 1.82) is 0 Å². The Morgan fingerprint density at radius 1 is 1.24 bits per heavy atom. The van der Waals surface area contributed by atoms with E-state index in [2.05, 4.69) is 0 Å². The van der Waals surface area contributed by atoms with Gasteiger partial charge in [0.2, 0.25) is 5.91 Å². The quantitative estimate of drug-likeness (QED) is 0.711. The number of carbonyl (C=O) groups excluding carboxylic acids is 1. The molecule has 1 amide bonds. The molecule has 0 bridgehead atoms. The molecule has 0 saturated carbocycles. The zero-order chi connectivity index (χ0) is 13.7. The fourth-order valence-electron chi connectivity index (χ4n) is 2.06. The van der Waals surface area contributed by atoms with Crippen LogP contribution in [0.5, 0.6) is 0 Å². The SMILES string of the molecule is CCN(CC(C)(C)O)C(=O)C(CC)(CC)CN. The molecule has 3 N–H and O–H groups in total. The lowest BCUT2D eigenvalue weighted by atomic mass is 9.80. The fourth-order valence-corrected chi connectivity index (χ4v) is 2.06. The molecular weight excluding hydrogens is 216 g/mol. The van der Waals surface area contributed by atoms with E-state index in [0.29, 0.717) is 19.6 Å². The first kappa shape index (κ1) is 16.4. The van der Waals surface area contributed by atoms with Crippen LogP contribution in [0, 0.1) is 5.41 Å². The van der Waals surface area contributed by atoms with Crippen LogP contribution < -0.4 is 5.73 Å². The van der Waals surface area contributed by atoms with Gasteiger partial charge in [0.05, 0.1) is 11.0 Å². The molecule has 0 spiro atoms. The van der Waals surface area contributed by atoms with Crippen LogP contribution in [0.1, 0.15) is 47.5 Å². The Kier molecular flexibility index (Phi) is 6.13. The summed E-state index contributed by atoms with van der Waals surface area (Å²) >= 11 is 0. The van der Waals surface area contributed by atoms with Gasteiger partial charge in [-0.3, -0.25) is 4.79 Å². The Bertz CT molecular complexity index is 234. The third-order valence-electron chi connectivity index (χ3n) is 3.44. The number of hydrogen-bond acceptors (Lipinski definition) is 3. The van der Waals surface area contributed by atoms with Crippen LogP contribution in [0.25, 0.3) is 0 Å². The topological polar surface area (TPSA) is 66.6 Å². The Hall–Kier alpha value is -0.610. The van der Waals surface area contributed by atoms with Gasteiger partial charge in [0.25, 0.3) is 0 Å². The second-order valence-corrected chi connectivity index (χ2v) is 5.32. The predicted octanol–water partition coefficient (Wildman–Crippen LogP) is 1.37. The summed E-state index contributed by atoms with van der Waals surface area (Å²) in [5, 5.41) is 9.83. The van der Waals surface area contributed by atoms with E-state index in [-0.39, 0.29) is 5.91 Å². The molecule has 0 aromatic carbocycles. The highest BCUT2D eigenvalue weighted by Gasteiger charge is 2.37. The number of rotatable bonds is 7. The van der Waals surface area contributed by atoms with Crippen LogP contribution in [0.4, 0.5) is 0 Å². The zero-order valence-corrected chi connectivity index (χ0v) is 11.9. The molecule has 0 aromatic rings. The van der Waals surface area contributed by atoms with Crippen molar-refractivity contribution >= 4 is 5.91 Å². The average molecular weight is 244 g/mol. The third-order valence-corrected chi connectivity index (χ3v) is 3.44. The van der Waals surface area contributed by atoms with E-state index in [1.807, 2.05) is 20.8 Å². The normalized spacial score (nSPS) is 12.6. The number of amides is 1. The molecule has 0 aromatic heterocycles. The van der Waals surface area contributed by atoms with Crippen LogP contribution in [0.2, 0.25) is 0 Å². The Balaban J connectivity index is 4.95. The van der Waals surface area contributed by atoms with Crippen LogP contribution in [-0.4, -0.2) is 41.1 Å². The largest absolute Gasteiger partial charge is 0.389 e. The Morgan fingerprint density at radius 3 is 1.94 bits per heavy atom. The smallest absolute Gasteiger partial charge is 0.230 e. The number of nitrogens with zero attached hydrogens (tertiary/aromatic N) is 1. The lowest BCUT2D eigenvalue weighted by Crippen LogP contribution is -2.51. The van der Waals surface area contributed by atoms with Gasteiger partial charge in [-0.25, -0.2) is 0 Å². The molecule has 0 radical (unpaired) electrons. The summed E-state index contributed by atoms with van der Waals surface area (Å²) in [6, 6.07) is 0. The monoisotopic (exact) mass is 244 g/mol. The molecule has 0 heterocycles. The van der Waals surface area contributed by atoms with Gasteiger partial charge in [-0.2, -0.15) is 0 Å². The van der Waals surface area contributed by atoms with Gasteiger partial charge in [0.15, 0.2) is 0 Å². The first-order valence-electron chi connectivity index (χ1n) is 6.48. The van der Waals surface area contributed by atoms with E-state index in [9.17, 15) is 9.90 Å². The number of nitrogens with two attached hydrogens (primary N) is 1. The van der Waals surface area contributed by atoms with E-state index >= 15 is 0 Å². The zero-order valence-electron chi connectivity index (χ0n) is 11.9. The summed E-state index contributed by atoms with van der Waals surface area (Å²) in [7, 11) is 0. The van der Waals surface area contributed by atoms with Gasteiger partial charge < -0.3 is 15.7 Å². The summed E-state index contributed by atoms with van der Waals surface area (Å²) < 4.78 is 0. The van der Waals surface area contributed by atoms with Crippen LogP contribution >= 0.6 is 0 Å². The molecule has 17 heavy (non-hydrogen) atoms. The highest BCUT2D eigenvalue weighted by molar-refractivity contribution is 5.83. The fraction of sp³-hybridized carbons (Fsp3) is 0.923. The van der Waals surface area contributed by atoms with Crippen molar-refractivity contribution in [3.05, 3.63) is 0 Å². The lowest BCUT2D eigenvalue weighted by molar-refractivity contribution is -0.145. The molecular formula is C13H28N2O2. The second kappa shape index (κ2) is 6.36. The van der Waals surface area contributed by atoms with E-state index in [4.69, 9.17) is 5.73 Å². The first-order valence-corrected chi connectivity index (χ1v) is 6.48. The van der Waals surface area contributed by atoms with Gasteiger partial charge in [-0.05, 0) is 33.6 Å². The van der Waals surface area contributed by atoms with Gasteiger partial charge in [-0.15, -0.1) is 0 Å². The van der Waals surface area contributed by atoms with E-state index in [1.165, 1.54) is 0 Å². The number of hydrogen-bond donors (Lipinski definition) is 2. The van der Waals surface area contributed by atoms with Crippen molar-refractivity contribution in [2.24, 2.45) is 11.1 Å². The van der Waals surface area contributed by atoms with Crippen molar-refractivity contribution in [3.8, 4) is 0 Å². The Morgan fingerprint density at radius 2 is 1.71 bits per heavy atom. The average Bonchev–Trinajstić information content (AvgIpc) is 2.27. The summed E-state index contributed by atoms with van der Waals surface area (Å²) in [5.74, 6) is 0.0645. The lowest BCUT2D eigenvalue weighted by Gasteiger charge is -2.37. The molecule has 0 atom stereocenters. The maximum absolute atomic E-state index is 12.5. The van der Waals surface area contributed by atoms with Crippen molar-refractivity contribution in [2.45, 2.75) is 53.1 Å². The van der Waals surface area contributed by atoms with Crippen molar-refractivity contribution in [1.82, 2.24) is 4.90 Å². The minimum absolute atomic E-state index is 0.0645. The molecule has 4 heteroatoms. The van der Waals surface area contributed by atoms with E-state index < -0.39 is 11.0 Å². The molecule has 4 nitrogen and oxygen atoms in total. The first-order chi connectivity index (χ1) is 7.76. The highest BCUT2D eigenvalue weighted by Crippen LogP contribution is 2.28. The second-order valence-electron chi connectivity index (χ2n) is 5.32. The maximum atomic E-state index is 12.5. The number of carbonyl (C=O) groups is 1. The van der Waals surface area contributed by atoms with Gasteiger partial charge >= 0.3 is 0 Å². The summed E-state index contributed by atoms with van der Waals surface area (Å²) in [6.07, 6.45) is 1.47. The van der Waals surface area contributed by atoms with E-state index in [1.54, 1.807) is 18.7 Å². The summed E-state index contributed by atoms with van der Waals surface area (Å²) in [4.78, 5) is 14.2. The van der Waals surface area contributed by atoms with Crippen molar-refractivity contribution in [2.75, 3.05) is 19.6 Å². The standard InChI is InChI=1S/C13H28N2O2/c1-6-13(7-2,9-14)11(16)15(8-3)10-12(4,5)17/h17H,6-10,14H2,1-5H3. The van der Waals surface area contributed by atoms with Crippen LogP contribution in [0.15, 0.2) is 0 Å². The van der Waals surface area contributed by atoms with Crippen LogP contribution in [-0.2, 0) is 4.79 Å². The van der Waals surface area contributed by atoms with Crippen LogP contribution in [0.3, 0.4) is 0 Å². The van der Waals surface area contributed by atoms with Gasteiger partial charge in [-0.1, -0.05) is 13.8 Å². The predicted molar refractivity (Wildman–Crippen MR) is 70.6 cm³/mol. The number of aliphatic hydroxyl groups is 1. The molecule has 102 valence electrons. The van der Waals surface area contributed by atoms with Crippen molar-refractivity contribution in [3.63, 3.8) is 0 Å². The summed E-state index contributed by atoms with van der Waals surface area (Å²) in [6.45, 7) is 10.7. The maximum Gasteiger partial charge on any atom is 0.230 e. The molecule has 0 unspecified atom stereocenters. The Labute approximate surface area is 105 Å². The molecule has 0 fully saturated rings. The molecule has 0 aliphatic carbocycles.